The zero-order valence-corrected chi connectivity index (χ0v) is 10.7. The minimum Gasteiger partial charge on any atom is -0.494 e. The van der Waals surface area contributed by atoms with E-state index in [1.165, 1.54) is 12.1 Å². The van der Waals surface area contributed by atoms with E-state index in [9.17, 15) is 10.1 Å². The largest absolute Gasteiger partial charge is 0.494 e. The number of nitro groups is 1. The molecule has 0 aliphatic carbocycles. The lowest BCUT2D eigenvalue weighted by Crippen LogP contribution is -2.19. The van der Waals surface area contributed by atoms with Crippen LogP contribution in [0.4, 0.5) is 11.4 Å². The summed E-state index contributed by atoms with van der Waals surface area (Å²) in [6.07, 6.45) is 0.798. The van der Waals surface area contributed by atoms with E-state index < -0.39 is 4.92 Å². The summed E-state index contributed by atoms with van der Waals surface area (Å²) in [4.78, 5) is 10.4. The first-order valence-electron chi connectivity index (χ1n) is 5.94. The number of benzene rings is 1. The molecular formula is C12H19N3O3. The highest BCUT2D eigenvalue weighted by Gasteiger charge is 2.10. The molecule has 0 spiro atoms. The lowest BCUT2D eigenvalue weighted by atomic mass is 10.2. The highest BCUT2D eigenvalue weighted by Crippen LogP contribution is 2.26. The molecular weight excluding hydrogens is 234 g/mol. The average Bonchev–Trinajstić information content (AvgIpc) is 2.28. The van der Waals surface area contributed by atoms with Gasteiger partial charge in [-0.15, -0.1) is 0 Å². The quantitative estimate of drug-likeness (QED) is 0.574. The van der Waals surface area contributed by atoms with Crippen LogP contribution in [0.2, 0.25) is 0 Å². The molecule has 6 heteroatoms. The van der Waals surface area contributed by atoms with Crippen LogP contribution in [0.15, 0.2) is 18.2 Å². The molecule has 18 heavy (non-hydrogen) atoms. The monoisotopic (exact) mass is 253 g/mol. The van der Waals surface area contributed by atoms with Gasteiger partial charge in [-0.3, -0.25) is 10.1 Å². The van der Waals surface area contributed by atoms with E-state index >= 15 is 0 Å². The Morgan fingerprint density at radius 1 is 1.50 bits per heavy atom. The molecule has 0 aliphatic heterocycles. The van der Waals surface area contributed by atoms with E-state index in [2.05, 4.69) is 5.32 Å². The van der Waals surface area contributed by atoms with Crippen molar-refractivity contribution in [2.75, 3.05) is 18.5 Å². The van der Waals surface area contributed by atoms with E-state index in [0.29, 0.717) is 24.6 Å². The molecule has 6 nitrogen and oxygen atoms in total. The summed E-state index contributed by atoms with van der Waals surface area (Å²) in [5.41, 5.74) is 6.33. The molecule has 0 heterocycles. The van der Waals surface area contributed by atoms with Crippen molar-refractivity contribution in [3.8, 4) is 5.75 Å². The van der Waals surface area contributed by atoms with E-state index in [4.69, 9.17) is 10.5 Å². The topological polar surface area (TPSA) is 90.4 Å². The first-order valence-corrected chi connectivity index (χ1v) is 5.94. The van der Waals surface area contributed by atoms with E-state index in [0.717, 1.165) is 6.42 Å². The smallest absolute Gasteiger partial charge is 0.275 e. The van der Waals surface area contributed by atoms with Gasteiger partial charge in [0.15, 0.2) is 0 Å². The fourth-order valence-electron chi connectivity index (χ4n) is 1.48. The number of ether oxygens (including phenoxy) is 1. The predicted octanol–water partition coefficient (Wildman–Crippen LogP) is 2.14. The Bertz CT molecular complexity index is 408. The van der Waals surface area contributed by atoms with Gasteiger partial charge >= 0.3 is 0 Å². The number of nitrogens with zero attached hydrogens (tertiary/aromatic N) is 1. The number of rotatable bonds is 7. The van der Waals surface area contributed by atoms with Gasteiger partial charge in [0.1, 0.15) is 5.75 Å². The SMILES string of the molecule is CCOc1cc(NCCC(C)N)cc([N+](=O)[O-])c1. The molecule has 0 saturated heterocycles. The van der Waals surface area contributed by atoms with Crippen molar-refractivity contribution in [2.45, 2.75) is 26.3 Å². The third-order valence-corrected chi connectivity index (χ3v) is 2.34. The Hall–Kier alpha value is -1.82. The normalized spacial score (nSPS) is 11.9. The van der Waals surface area contributed by atoms with Gasteiger partial charge in [-0.25, -0.2) is 0 Å². The van der Waals surface area contributed by atoms with Crippen molar-refractivity contribution >= 4 is 11.4 Å². The Kier molecular flexibility index (Phi) is 5.38. The van der Waals surface area contributed by atoms with Crippen molar-refractivity contribution in [1.29, 1.82) is 0 Å². The molecule has 0 saturated carbocycles. The number of non-ortho nitro benzene ring substituents is 1. The van der Waals surface area contributed by atoms with Gasteiger partial charge in [-0.05, 0) is 20.3 Å². The Labute approximate surface area is 106 Å². The number of nitrogens with two attached hydrogens (primary N) is 1. The molecule has 0 bridgehead atoms. The minimum absolute atomic E-state index is 0.0178. The molecule has 1 atom stereocenters. The summed E-state index contributed by atoms with van der Waals surface area (Å²) in [5.74, 6) is 0.495. The van der Waals surface area contributed by atoms with Gasteiger partial charge in [0.2, 0.25) is 0 Å². The number of hydrogen-bond acceptors (Lipinski definition) is 5. The Morgan fingerprint density at radius 2 is 2.22 bits per heavy atom. The molecule has 0 radical (unpaired) electrons. The van der Waals surface area contributed by atoms with Crippen LogP contribution in [0.5, 0.6) is 5.75 Å². The summed E-state index contributed by atoms with van der Waals surface area (Å²) in [6, 6.07) is 4.75. The van der Waals surface area contributed by atoms with Crippen LogP contribution < -0.4 is 15.8 Å². The van der Waals surface area contributed by atoms with Crippen LogP contribution in [0, 0.1) is 10.1 Å². The standard InChI is InChI=1S/C12H19N3O3/c1-3-18-12-7-10(14-5-4-9(2)13)6-11(8-12)15(16)17/h6-9,14H,3-5,13H2,1-2H3. The Balaban J connectivity index is 2.79. The molecule has 0 aliphatic rings. The first-order chi connectivity index (χ1) is 8.52. The zero-order chi connectivity index (χ0) is 13.5. The molecule has 1 unspecified atom stereocenters. The fraction of sp³-hybridized carbons (Fsp3) is 0.500. The summed E-state index contributed by atoms with van der Waals surface area (Å²) in [5, 5.41) is 13.9. The molecule has 100 valence electrons. The van der Waals surface area contributed by atoms with Gasteiger partial charge in [-0.2, -0.15) is 0 Å². The van der Waals surface area contributed by atoms with Crippen molar-refractivity contribution in [3.63, 3.8) is 0 Å². The van der Waals surface area contributed by atoms with Crippen molar-refractivity contribution in [1.82, 2.24) is 0 Å². The lowest BCUT2D eigenvalue weighted by Gasteiger charge is -2.10. The number of anilines is 1. The van der Waals surface area contributed by atoms with Gasteiger partial charge < -0.3 is 15.8 Å². The third-order valence-electron chi connectivity index (χ3n) is 2.34. The van der Waals surface area contributed by atoms with Crippen LogP contribution in [0.3, 0.4) is 0 Å². The fourth-order valence-corrected chi connectivity index (χ4v) is 1.48. The second-order valence-electron chi connectivity index (χ2n) is 4.10. The van der Waals surface area contributed by atoms with Crippen molar-refractivity contribution in [2.24, 2.45) is 5.73 Å². The van der Waals surface area contributed by atoms with Crippen LogP contribution in [0.25, 0.3) is 0 Å². The molecule has 1 rings (SSSR count). The highest BCUT2D eigenvalue weighted by molar-refractivity contribution is 5.56. The maximum atomic E-state index is 10.8. The first kappa shape index (κ1) is 14.2. The predicted molar refractivity (Wildman–Crippen MR) is 71.0 cm³/mol. The summed E-state index contributed by atoms with van der Waals surface area (Å²) in [7, 11) is 0. The number of hydrogen-bond donors (Lipinski definition) is 2. The second-order valence-corrected chi connectivity index (χ2v) is 4.10. The lowest BCUT2D eigenvalue weighted by molar-refractivity contribution is -0.384. The van der Waals surface area contributed by atoms with Gasteiger partial charge in [0.05, 0.1) is 17.6 Å². The highest BCUT2D eigenvalue weighted by atomic mass is 16.6. The summed E-state index contributed by atoms with van der Waals surface area (Å²) >= 11 is 0. The van der Waals surface area contributed by atoms with Gasteiger partial charge in [0, 0.05) is 30.4 Å². The van der Waals surface area contributed by atoms with Crippen LogP contribution in [-0.4, -0.2) is 24.1 Å². The van der Waals surface area contributed by atoms with Crippen LogP contribution in [0.1, 0.15) is 20.3 Å². The molecule has 0 amide bonds. The third kappa shape index (κ3) is 4.58. The van der Waals surface area contributed by atoms with E-state index in [1.807, 2.05) is 13.8 Å². The number of nitrogens with one attached hydrogen (secondary N) is 1. The zero-order valence-electron chi connectivity index (χ0n) is 10.7. The van der Waals surface area contributed by atoms with Crippen molar-refractivity contribution < 1.29 is 9.66 Å². The van der Waals surface area contributed by atoms with Crippen LogP contribution >= 0.6 is 0 Å². The Morgan fingerprint density at radius 3 is 2.78 bits per heavy atom. The summed E-state index contributed by atoms with van der Waals surface area (Å²) in [6.45, 7) is 4.90. The van der Waals surface area contributed by atoms with Gasteiger partial charge in [-0.1, -0.05) is 0 Å². The minimum atomic E-state index is -0.431. The van der Waals surface area contributed by atoms with Crippen LogP contribution in [-0.2, 0) is 0 Å². The van der Waals surface area contributed by atoms with Crippen molar-refractivity contribution in [3.05, 3.63) is 28.3 Å². The van der Waals surface area contributed by atoms with E-state index in [1.54, 1.807) is 6.07 Å². The molecule has 0 aromatic heterocycles. The van der Waals surface area contributed by atoms with Gasteiger partial charge in [0.25, 0.3) is 5.69 Å². The maximum absolute atomic E-state index is 10.8. The van der Waals surface area contributed by atoms with E-state index in [-0.39, 0.29) is 11.7 Å². The molecule has 1 aromatic carbocycles. The molecule has 1 aromatic rings. The second kappa shape index (κ2) is 6.80. The summed E-state index contributed by atoms with van der Waals surface area (Å²) < 4.78 is 5.30. The number of nitro benzene ring substituents is 1. The average molecular weight is 253 g/mol. The molecule has 0 fully saturated rings. The molecule has 3 N–H and O–H groups in total. The maximum Gasteiger partial charge on any atom is 0.275 e.